The van der Waals surface area contributed by atoms with E-state index >= 15 is 0 Å². The fourth-order valence-electron chi connectivity index (χ4n) is 4.05. The molecule has 1 aliphatic rings. The molecular formula is C30H22Cl2N4O3. The molecule has 0 bridgehead atoms. The van der Waals surface area contributed by atoms with E-state index in [0.29, 0.717) is 33.2 Å². The average molecular weight is 557 g/mol. The summed E-state index contributed by atoms with van der Waals surface area (Å²) in [6.45, 7) is 1.72. The number of rotatable bonds is 7. The molecule has 0 saturated carbocycles. The van der Waals surface area contributed by atoms with Gasteiger partial charge in [0.05, 0.1) is 5.69 Å². The predicted octanol–water partition coefficient (Wildman–Crippen LogP) is 7.08. The summed E-state index contributed by atoms with van der Waals surface area (Å²) in [6.07, 6.45) is 0. The molecule has 0 aliphatic carbocycles. The van der Waals surface area contributed by atoms with Gasteiger partial charge in [-0.3, -0.25) is 14.4 Å². The fourth-order valence-corrected chi connectivity index (χ4v) is 4.43. The van der Waals surface area contributed by atoms with Gasteiger partial charge in [0, 0.05) is 33.3 Å². The number of benzene rings is 4. The molecule has 3 amide bonds. The molecule has 4 aromatic carbocycles. The van der Waals surface area contributed by atoms with Gasteiger partial charge in [0.15, 0.2) is 0 Å². The molecule has 39 heavy (non-hydrogen) atoms. The van der Waals surface area contributed by atoms with Crippen molar-refractivity contribution in [3.63, 3.8) is 0 Å². The number of hydrogen-bond acceptors (Lipinski definition) is 5. The van der Waals surface area contributed by atoms with Gasteiger partial charge in [-0.2, -0.15) is 0 Å². The van der Waals surface area contributed by atoms with Crippen LogP contribution in [0.5, 0.6) is 0 Å². The zero-order valence-corrected chi connectivity index (χ0v) is 22.2. The minimum absolute atomic E-state index is 0.0533. The molecule has 0 spiro atoms. The Morgan fingerprint density at radius 1 is 0.667 bits per heavy atom. The number of imide groups is 1. The number of halogens is 2. The third kappa shape index (κ3) is 5.50. The Bertz CT molecular complexity index is 1600. The van der Waals surface area contributed by atoms with E-state index in [1.54, 1.807) is 49.4 Å². The Kier molecular flexibility index (Phi) is 7.36. The van der Waals surface area contributed by atoms with E-state index < -0.39 is 11.8 Å². The van der Waals surface area contributed by atoms with E-state index in [0.717, 1.165) is 16.3 Å². The summed E-state index contributed by atoms with van der Waals surface area (Å²) in [5, 5.41) is 9.26. The van der Waals surface area contributed by atoms with Gasteiger partial charge < -0.3 is 16.0 Å². The molecule has 0 atom stereocenters. The van der Waals surface area contributed by atoms with Gasteiger partial charge in [-0.15, -0.1) is 0 Å². The molecular weight excluding hydrogens is 535 g/mol. The highest BCUT2D eigenvalue weighted by Crippen LogP contribution is 2.34. The standard InChI is InChI=1S/C30H22Cl2N4O3/c1-18-24(31)8-5-9-25(18)36-29(38)26(32)27(30(36)39)34-22-12-10-19(11-13-22)28(37)35-23-16-14-21(15-17-23)33-20-6-3-2-4-7-20/h2-17,33-34H,1H3,(H,35,37). The first kappa shape index (κ1) is 26.0. The van der Waals surface area contributed by atoms with Crippen LogP contribution in [0.25, 0.3) is 0 Å². The second-order valence-corrected chi connectivity index (χ2v) is 9.53. The van der Waals surface area contributed by atoms with Crippen molar-refractivity contribution >= 4 is 69.4 Å². The number of amides is 3. The highest BCUT2D eigenvalue weighted by atomic mass is 35.5. The minimum atomic E-state index is -0.643. The largest absolute Gasteiger partial charge is 0.356 e. The molecule has 5 rings (SSSR count). The molecule has 0 saturated heterocycles. The number of para-hydroxylation sites is 1. The molecule has 7 nitrogen and oxygen atoms in total. The summed E-state index contributed by atoms with van der Waals surface area (Å²) in [5.41, 5.74) is 4.31. The molecule has 3 N–H and O–H groups in total. The average Bonchev–Trinajstić information content (AvgIpc) is 3.15. The zero-order chi connectivity index (χ0) is 27.5. The molecule has 1 aliphatic heterocycles. The maximum Gasteiger partial charge on any atom is 0.283 e. The number of anilines is 5. The van der Waals surface area contributed by atoms with Gasteiger partial charge >= 0.3 is 0 Å². The van der Waals surface area contributed by atoms with Gasteiger partial charge in [0.1, 0.15) is 10.7 Å². The van der Waals surface area contributed by atoms with Crippen molar-refractivity contribution in [3.8, 4) is 0 Å². The van der Waals surface area contributed by atoms with E-state index in [1.165, 1.54) is 0 Å². The first-order valence-electron chi connectivity index (χ1n) is 12.0. The monoisotopic (exact) mass is 556 g/mol. The molecule has 0 unspecified atom stereocenters. The lowest BCUT2D eigenvalue weighted by Gasteiger charge is -2.18. The van der Waals surface area contributed by atoms with E-state index in [9.17, 15) is 14.4 Å². The van der Waals surface area contributed by atoms with Crippen LogP contribution in [0.2, 0.25) is 5.02 Å². The number of hydrogen-bond donors (Lipinski definition) is 3. The number of carbonyl (C=O) groups is 3. The Hall–Kier alpha value is -4.59. The lowest BCUT2D eigenvalue weighted by atomic mass is 10.1. The topological polar surface area (TPSA) is 90.5 Å². The highest BCUT2D eigenvalue weighted by molar-refractivity contribution is 6.53. The number of nitrogens with one attached hydrogen (secondary N) is 3. The van der Waals surface area contributed by atoms with Crippen molar-refractivity contribution in [2.24, 2.45) is 0 Å². The number of carbonyl (C=O) groups excluding carboxylic acids is 3. The molecule has 9 heteroatoms. The predicted molar refractivity (Wildman–Crippen MR) is 156 cm³/mol. The van der Waals surface area contributed by atoms with Crippen LogP contribution in [0.1, 0.15) is 15.9 Å². The van der Waals surface area contributed by atoms with Crippen LogP contribution in [0, 0.1) is 6.92 Å². The summed E-state index contributed by atoms with van der Waals surface area (Å²) < 4.78 is 0. The fraction of sp³-hybridized carbons (Fsp3) is 0.0333. The quantitative estimate of drug-likeness (QED) is 0.211. The van der Waals surface area contributed by atoms with Gasteiger partial charge in [-0.05, 0) is 85.3 Å². The Balaban J connectivity index is 1.23. The zero-order valence-electron chi connectivity index (χ0n) is 20.7. The Morgan fingerprint density at radius 2 is 1.26 bits per heavy atom. The second-order valence-electron chi connectivity index (χ2n) is 8.74. The van der Waals surface area contributed by atoms with Crippen molar-refractivity contribution in [2.75, 3.05) is 20.9 Å². The summed E-state index contributed by atoms with van der Waals surface area (Å²) in [7, 11) is 0. The molecule has 0 radical (unpaired) electrons. The summed E-state index contributed by atoms with van der Waals surface area (Å²) in [4.78, 5) is 39.6. The highest BCUT2D eigenvalue weighted by Gasteiger charge is 2.39. The van der Waals surface area contributed by atoms with E-state index in [2.05, 4.69) is 16.0 Å². The van der Waals surface area contributed by atoms with Crippen molar-refractivity contribution in [1.82, 2.24) is 0 Å². The molecule has 0 fully saturated rings. The third-order valence-electron chi connectivity index (χ3n) is 6.13. The van der Waals surface area contributed by atoms with Crippen molar-refractivity contribution in [1.29, 1.82) is 0 Å². The van der Waals surface area contributed by atoms with Gasteiger partial charge in [0.2, 0.25) is 0 Å². The van der Waals surface area contributed by atoms with Crippen LogP contribution in [-0.4, -0.2) is 17.7 Å². The van der Waals surface area contributed by atoms with Gasteiger partial charge in [-0.1, -0.05) is 47.5 Å². The normalized spacial score (nSPS) is 13.1. The third-order valence-corrected chi connectivity index (χ3v) is 6.89. The van der Waals surface area contributed by atoms with Crippen LogP contribution in [0.15, 0.2) is 108 Å². The summed E-state index contributed by atoms with van der Waals surface area (Å²) in [5.74, 6) is -1.53. The summed E-state index contributed by atoms with van der Waals surface area (Å²) in [6, 6.07) is 28.6. The van der Waals surface area contributed by atoms with Crippen LogP contribution >= 0.6 is 23.2 Å². The van der Waals surface area contributed by atoms with Crippen LogP contribution in [0.3, 0.4) is 0 Å². The first-order valence-corrected chi connectivity index (χ1v) is 12.7. The molecule has 0 aromatic heterocycles. The maximum atomic E-state index is 13.1. The van der Waals surface area contributed by atoms with Crippen molar-refractivity contribution in [2.45, 2.75) is 6.92 Å². The minimum Gasteiger partial charge on any atom is -0.356 e. The summed E-state index contributed by atoms with van der Waals surface area (Å²) >= 11 is 12.4. The Morgan fingerprint density at radius 3 is 1.95 bits per heavy atom. The van der Waals surface area contributed by atoms with Crippen LogP contribution < -0.4 is 20.9 Å². The van der Waals surface area contributed by atoms with Gasteiger partial charge in [-0.25, -0.2) is 4.90 Å². The molecule has 4 aromatic rings. The maximum absolute atomic E-state index is 13.1. The van der Waals surface area contributed by atoms with Crippen LogP contribution in [-0.2, 0) is 9.59 Å². The van der Waals surface area contributed by atoms with Crippen LogP contribution in [0.4, 0.5) is 28.4 Å². The molecule has 194 valence electrons. The van der Waals surface area contributed by atoms with Crippen molar-refractivity contribution < 1.29 is 14.4 Å². The molecule has 1 heterocycles. The van der Waals surface area contributed by atoms with E-state index in [1.807, 2.05) is 54.6 Å². The lowest BCUT2D eigenvalue weighted by Crippen LogP contribution is -2.32. The Labute approximate surface area is 235 Å². The van der Waals surface area contributed by atoms with E-state index in [-0.39, 0.29) is 16.6 Å². The lowest BCUT2D eigenvalue weighted by molar-refractivity contribution is -0.120. The first-order chi connectivity index (χ1) is 18.8. The smallest absolute Gasteiger partial charge is 0.283 e. The second kappa shape index (κ2) is 11.0. The van der Waals surface area contributed by atoms with Gasteiger partial charge in [0.25, 0.3) is 17.7 Å². The van der Waals surface area contributed by atoms with Crippen molar-refractivity contribution in [3.05, 3.63) is 124 Å². The van der Waals surface area contributed by atoms with E-state index in [4.69, 9.17) is 23.2 Å². The SMILES string of the molecule is Cc1c(Cl)cccc1N1C(=O)C(Cl)=C(Nc2ccc(C(=O)Nc3ccc(Nc4ccccc4)cc3)cc2)C1=O. The number of nitrogens with zero attached hydrogens (tertiary/aromatic N) is 1.